The number of hydrogen-bond acceptors (Lipinski definition) is 4. The third-order valence-electron chi connectivity index (χ3n) is 4.67. The molecule has 6 nitrogen and oxygen atoms in total. The number of aromatic nitrogens is 1. The molecule has 3 rings (SSSR count). The maximum Gasteiger partial charge on any atom is 0.191 e. The molecule has 1 aliphatic heterocycles. The van der Waals surface area contributed by atoms with Crippen LogP contribution in [0.4, 0.5) is 10.2 Å². The van der Waals surface area contributed by atoms with Gasteiger partial charge in [-0.15, -0.1) is 24.0 Å². The van der Waals surface area contributed by atoms with Crippen molar-refractivity contribution in [2.24, 2.45) is 4.99 Å². The van der Waals surface area contributed by atoms with E-state index in [-0.39, 0.29) is 29.8 Å². The van der Waals surface area contributed by atoms with Crippen molar-refractivity contribution < 1.29 is 4.39 Å². The molecule has 0 saturated carbocycles. The number of hydrogen-bond donors (Lipinski definition) is 2. The molecule has 2 aromatic rings. The van der Waals surface area contributed by atoms with Crippen molar-refractivity contribution in [1.29, 1.82) is 0 Å². The lowest BCUT2D eigenvalue weighted by molar-refractivity contribution is 0.312. The molecule has 28 heavy (non-hydrogen) atoms. The van der Waals surface area contributed by atoms with E-state index in [4.69, 9.17) is 0 Å². The number of nitrogens with one attached hydrogen (secondary N) is 2. The average molecular weight is 498 g/mol. The van der Waals surface area contributed by atoms with Gasteiger partial charge in [-0.2, -0.15) is 0 Å². The molecule has 152 valence electrons. The minimum Gasteiger partial charge on any atom is -0.354 e. The number of anilines is 1. The second-order valence-corrected chi connectivity index (χ2v) is 6.72. The second-order valence-electron chi connectivity index (χ2n) is 6.72. The van der Waals surface area contributed by atoms with Crippen LogP contribution >= 0.6 is 24.0 Å². The highest BCUT2D eigenvalue weighted by Crippen LogP contribution is 2.14. The predicted molar refractivity (Wildman–Crippen MR) is 123 cm³/mol. The SMILES string of the molecule is CN=C(NCc1cccc(F)c1)NCc1ccnc(N2CCN(C)CC2)c1.I. The van der Waals surface area contributed by atoms with Gasteiger partial charge in [0.2, 0.25) is 0 Å². The average Bonchev–Trinajstić information content (AvgIpc) is 2.69. The summed E-state index contributed by atoms with van der Waals surface area (Å²) in [6, 6.07) is 10.7. The smallest absolute Gasteiger partial charge is 0.191 e. The van der Waals surface area contributed by atoms with E-state index < -0.39 is 0 Å². The van der Waals surface area contributed by atoms with E-state index in [1.54, 1.807) is 13.1 Å². The monoisotopic (exact) mass is 498 g/mol. The predicted octanol–water partition coefficient (Wildman–Crippen LogP) is 2.46. The largest absolute Gasteiger partial charge is 0.354 e. The first-order valence-electron chi connectivity index (χ1n) is 9.21. The molecule has 0 atom stereocenters. The Morgan fingerprint density at radius 2 is 1.75 bits per heavy atom. The number of likely N-dealkylation sites (N-methyl/N-ethyl adjacent to an activating group) is 1. The van der Waals surface area contributed by atoms with Gasteiger partial charge in [-0.25, -0.2) is 9.37 Å². The van der Waals surface area contributed by atoms with Crippen molar-refractivity contribution in [3.05, 3.63) is 59.5 Å². The van der Waals surface area contributed by atoms with Crippen molar-refractivity contribution in [2.45, 2.75) is 13.1 Å². The Bertz CT molecular complexity index is 777. The van der Waals surface area contributed by atoms with Crippen molar-refractivity contribution in [3.8, 4) is 0 Å². The van der Waals surface area contributed by atoms with Gasteiger partial charge in [-0.05, 0) is 42.4 Å². The first-order chi connectivity index (χ1) is 13.1. The van der Waals surface area contributed by atoms with Crippen LogP contribution < -0.4 is 15.5 Å². The van der Waals surface area contributed by atoms with Crippen LogP contribution in [0.2, 0.25) is 0 Å². The number of halogens is 2. The third kappa shape index (κ3) is 6.59. The molecule has 0 unspecified atom stereocenters. The normalized spacial score (nSPS) is 15.1. The molecule has 2 heterocycles. The summed E-state index contributed by atoms with van der Waals surface area (Å²) < 4.78 is 13.3. The summed E-state index contributed by atoms with van der Waals surface area (Å²) in [5, 5.41) is 6.51. The van der Waals surface area contributed by atoms with Gasteiger partial charge in [0, 0.05) is 52.5 Å². The summed E-state index contributed by atoms with van der Waals surface area (Å²) in [7, 11) is 3.87. The minimum absolute atomic E-state index is 0. The Labute approximate surface area is 183 Å². The van der Waals surface area contributed by atoms with Gasteiger partial charge in [0.25, 0.3) is 0 Å². The van der Waals surface area contributed by atoms with Crippen molar-refractivity contribution in [2.75, 3.05) is 45.2 Å². The summed E-state index contributed by atoms with van der Waals surface area (Å²) in [4.78, 5) is 13.4. The van der Waals surface area contributed by atoms with E-state index in [0.717, 1.165) is 43.1 Å². The number of aliphatic imine (C=N–C) groups is 1. The summed E-state index contributed by atoms with van der Waals surface area (Å²) in [6.07, 6.45) is 1.85. The maximum absolute atomic E-state index is 13.3. The van der Waals surface area contributed by atoms with Crippen molar-refractivity contribution in [3.63, 3.8) is 0 Å². The zero-order valence-electron chi connectivity index (χ0n) is 16.4. The summed E-state index contributed by atoms with van der Waals surface area (Å²) in [5.74, 6) is 1.47. The van der Waals surface area contributed by atoms with Crippen molar-refractivity contribution >= 4 is 35.8 Å². The highest BCUT2D eigenvalue weighted by molar-refractivity contribution is 14.0. The minimum atomic E-state index is -0.231. The van der Waals surface area contributed by atoms with Crippen LogP contribution in [0.25, 0.3) is 0 Å². The molecule has 0 amide bonds. The first kappa shape index (κ1) is 22.4. The Morgan fingerprint density at radius 1 is 1.07 bits per heavy atom. The molecular formula is C20H28FIN6. The van der Waals surface area contributed by atoms with E-state index in [1.807, 2.05) is 18.3 Å². The van der Waals surface area contributed by atoms with Gasteiger partial charge in [0.15, 0.2) is 5.96 Å². The highest BCUT2D eigenvalue weighted by Gasteiger charge is 2.15. The molecule has 0 aliphatic carbocycles. The zero-order chi connectivity index (χ0) is 19.1. The van der Waals surface area contributed by atoms with E-state index in [2.05, 4.69) is 43.5 Å². The van der Waals surface area contributed by atoms with Gasteiger partial charge in [-0.3, -0.25) is 4.99 Å². The molecule has 0 spiro atoms. The lowest BCUT2D eigenvalue weighted by Crippen LogP contribution is -2.44. The molecule has 1 saturated heterocycles. The number of guanidine groups is 1. The van der Waals surface area contributed by atoms with Crippen molar-refractivity contribution in [1.82, 2.24) is 20.5 Å². The van der Waals surface area contributed by atoms with Crippen LogP contribution in [0.3, 0.4) is 0 Å². The van der Waals surface area contributed by atoms with Gasteiger partial charge in [0.05, 0.1) is 0 Å². The molecule has 0 radical (unpaired) electrons. The highest BCUT2D eigenvalue weighted by atomic mass is 127. The Hall–Kier alpha value is -1.94. The van der Waals surface area contributed by atoms with Gasteiger partial charge >= 0.3 is 0 Å². The molecule has 1 aliphatic rings. The summed E-state index contributed by atoms with van der Waals surface area (Å²) >= 11 is 0. The van der Waals surface area contributed by atoms with Crippen LogP contribution in [0.5, 0.6) is 0 Å². The maximum atomic E-state index is 13.3. The van der Waals surface area contributed by atoms with Crippen LogP contribution in [-0.2, 0) is 13.1 Å². The fourth-order valence-corrected chi connectivity index (χ4v) is 3.02. The number of pyridine rings is 1. The molecule has 2 N–H and O–H groups in total. The molecule has 0 bridgehead atoms. The summed E-state index contributed by atoms with van der Waals surface area (Å²) in [5.41, 5.74) is 2.02. The first-order valence-corrected chi connectivity index (χ1v) is 9.21. The fraction of sp³-hybridized carbons (Fsp3) is 0.400. The number of piperazine rings is 1. The Morgan fingerprint density at radius 3 is 2.39 bits per heavy atom. The standard InChI is InChI=1S/C20H27FN6.HI/c1-22-20(24-14-16-4-3-5-18(21)12-16)25-15-17-6-7-23-19(13-17)27-10-8-26(2)9-11-27;/h3-7,12-13H,8-11,14-15H2,1-2H3,(H2,22,24,25);1H. The molecular weight excluding hydrogens is 470 g/mol. The molecule has 1 fully saturated rings. The molecule has 8 heteroatoms. The quantitative estimate of drug-likeness (QED) is 0.377. The van der Waals surface area contributed by atoms with Gasteiger partial charge < -0.3 is 20.4 Å². The van der Waals surface area contributed by atoms with Crippen LogP contribution in [-0.4, -0.2) is 56.1 Å². The number of rotatable bonds is 5. The van der Waals surface area contributed by atoms with Crippen LogP contribution in [0.15, 0.2) is 47.6 Å². The molecule has 1 aromatic carbocycles. The lowest BCUT2D eigenvalue weighted by Gasteiger charge is -2.33. The van der Waals surface area contributed by atoms with Crippen LogP contribution in [0.1, 0.15) is 11.1 Å². The Balaban J connectivity index is 0.00000280. The molecule has 1 aromatic heterocycles. The second kappa shape index (κ2) is 11.2. The third-order valence-corrected chi connectivity index (χ3v) is 4.67. The van der Waals surface area contributed by atoms with E-state index in [0.29, 0.717) is 19.0 Å². The van der Waals surface area contributed by atoms with E-state index >= 15 is 0 Å². The van der Waals surface area contributed by atoms with Gasteiger partial charge in [-0.1, -0.05) is 12.1 Å². The summed E-state index contributed by atoms with van der Waals surface area (Å²) in [6.45, 7) is 5.27. The topological polar surface area (TPSA) is 55.8 Å². The number of nitrogens with zero attached hydrogens (tertiary/aromatic N) is 4. The lowest BCUT2D eigenvalue weighted by atomic mass is 10.2. The number of benzene rings is 1. The van der Waals surface area contributed by atoms with Gasteiger partial charge in [0.1, 0.15) is 11.6 Å². The van der Waals surface area contributed by atoms with E-state index in [1.165, 1.54) is 12.1 Å². The Kier molecular flexibility index (Phi) is 8.91. The van der Waals surface area contributed by atoms with E-state index in [9.17, 15) is 4.39 Å². The van der Waals surface area contributed by atoms with Crippen LogP contribution in [0, 0.1) is 5.82 Å². The zero-order valence-corrected chi connectivity index (χ0v) is 18.7. The fourth-order valence-electron chi connectivity index (χ4n) is 3.02.